The van der Waals surface area contributed by atoms with Crippen LogP contribution in [0.4, 0.5) is 4.39 Å². The molecule has 0 bridgehead atoms. The number of halogens is 1. The summed E-state index contributed by atoms with van der Waals surface area (Å²) < 4.78 is 22.5. The Labute approximate surface area is 169 Å². The minimum absolute atomic E-state index is 0.151. The van der Waals surface area contributed by atoms with Crippen molar-refractivity contribution in [3.63, 3.8) is 0 Å². The van der Waals surface area contributed by atoms with Crippen LogP contribution in [-0.2, 0) is 13.6 Å². The van der Waals surface area contributed by atoms with Crippen LogP contribution in [0.1, 0.15) is 29.6 Å². The highest BCUT2D eigenvalue weighted by molar-refractivity contribution is 5.71. The second-order valence-corrected chi connectivity index (χ2v) is 7.89. The van der Waals surface area contributed by atoms with Gasteiger partial charge in [-0.1, -0.05) is 29.4 Å². The van der Waals surface area contributed by atoms with Gasteiger partial charge in [0.05, 0.1) is 6.33 Å². The Bertz CT molecular complexity index is 1380. The van der Waals surface area contributed by atoms with Gasteiger partial charge in [0.25, 0.3) is 5.56 Å². The van der Waals surface area contributed by atoms with Crippen molar-refractivity contribution in [2.45, 2.75) is 18.9 Å². The Morgan fingerprint density at radius 2 is 2.07 bits per heavy atom. The molecule has 150 valence electrons. The van der Waals surface area contributed by atoms with E-state index in [1.807, 2.05) is 12.1 Å². The molecule has 1 fully saturated rings. The number of imidazole rings is 1. The van der Waals surface area contributed by atoms with Crippen molar-refractivity contribution in [1.82, 2.24) is 29.2 Å². The fraction of sp³-hybridized carbons (Fsp3) is 0.286. The van der Waals surface area contributed by atoms with E-state index in [1.54, 1.807) is 24.0 Å². The third-order valence-corrected chi connectivity index (χ3v) is 6.09. The van der Waals surface area contributed by atoms with Gasteiger partial charge in [0.15, 0.2) is 17.0 Å². The SMILES string of the molecule is Cn1cnc2ncn(Cc3nc([C@@H]4[C@H]5C=C(c6ccccc6F)C[C@H]54)no3)c(=O)c21. The summed E-state index contributed by atoms with van der Waals surface area (Å²) in [6.07, 6.45) is 5.94. The molecule has 0 unspecified atom stereocenters. The van der Waals surface area contributed by atoms with E-state index in [0.717, 1.165) is 12.0 Å². The normalized spacial score (nSPS) is 22.3. The van der Waals surface area contributed by atoms with Gasteiger partial charge in [-0.3, -0.25) is 9.36 Å². The van der Waals surface area contributed by atoms with E-state index in [1.165, 1.54) is 17.0 Å². The lowest BCUT2D eigenvalue weighted by molar-refractivity contribution is 0.364. The predicted octanol–water partition coefficient (Wildman–Crippen LogP) is 2.52. The first-order valence-electron chi connectivity index (χ1n) is 9.74. The Kier molecular flexibility index (Phi) is 3.56. The highest BCUT2D eigenvalue weighted by atomic mass is 19.1. The molecule has 0 radical (unpaired) electrons. The molecule has 9 heteroatoms. The zero-order chi connectivity index (χ0) is 20.4. The van der Waals surface area contributed by atoms with Gasteiger partial charge >= 0.3 is 0 Å². The fourth-order valence-electron chi connectivity index (χ4n) is 4.53. The lowest BCUT2D eigenvalue weighted by atomic mass is 10.0. The van der Waals surface area contributed by atoms with E-state index in [4.69, 9.17) is 4.52 Å². The molecule has 30 heavy (non-hydrogen) atoms. The molecule has 0 aliphatic heterocycles. The van der Waals surface area contributed by atoms with Gasteiger partial charge in [-0.15, -0.1) is 0 Å². The Morgan fingerprint density at radius 1 is 1.23 bits per heavy atom. The molecule has 2 aliphatic carbocycles. The summed E-state index contributed by atoms with van der Waals surface area (Å²) in [6, 6.07) is 6.86. The predicted molar refractivity (Wildman–Crippen MR) is 105 cm³/mol. The van der Waals surface area contributed by atoms with E-state index in [-0.39, 0.29) is 23.8 Å². The van der Waals surface area contributed by atoms with Crippen molar-refractivity contribution in [3.05, 3.63) is 76.4 Å². The van der Waals surface area contributed by atoms with Crippen molar-refractivity contribution in [3.8, 4) is 0 Å². The second kappa shape index (κ2) is 6.19. The molecule has 1 aromatic carbocycles. The Morgan fingerprint density at radius 3 is 2.87 bits per heavy atom. The van der Waals surface area contributed by atoms with Crippen LogP contribution in [-0.4, -0.2) is 29.2 Å². The van der Waals surface area contributed by atoms with Crippen LogP contribution in [0.3, 0.4) is 0 Å². The molecular formula is C21H17FN6O2. The summed E-state index contributed by atoms with van der Waals surface area (Å²) >= 11 is 0. The first-order valence-corrected chi connectivity index (χ1v) is 9.74. The number of rotatable bonds is 4. The van der Waals surface area contributed by atoms with Crippen molar-refractivity contribution < 1.29 is 8.91 Å². The number of aromatic nitrogens is 6. The van der Waals surface area contributed by atoms with Gasteiger partial charge in [0.1, 0.15) is 18.7 Å². The first-order chi connectivity index (χ1) is 14.6. The van der Waals surface area contributed by atoms with Gasteiger partial charge in [0, 0.05) is 18.5 Å². The molecule has 2 aliphatic rings. The van der Waals surface area contributed by atoms with Crippen LogP contribution in [0, 0.1) is 17.7 Å². The van der Waals surface area contributed by atoms with Gasteiger partial charge in [-0.2, -0.15) is 4.98 Å². The van der Waals surface area contributed by atoms with Crippen molar-refractivity contribution in [2.75, 3.05) is 0 Å². The summed E-state index contributed by atoms with van der Waals surface area (Å²) in [5.41, 5.74) is 2.35. The standard InChI is InChI=1S/C21H17FN6O2/c1-27-9-23-20-18(27)21(29)28(10-24-20)8-16-25-19(26-30-16)17-13-6-11(7-14(13)17)12-4-2-3-5-15(12)22/h2-6,9-10,13-14,17H,7-8H2,1H3/t13-,14+,17+/m0/s1. The number of fused-ring (bicyclic) bond motifs is 2. The third kappa shape index (κ3) is 2.54. The van der Waals surface area contributed by atoms with Crippen LogP contribution in [0.25, 0.3) is 16.7 Å². The topological polar surface area (TPSA) is 91.6 Å². The number of nitrogens with zero attached hydrogens (tertiary/aromatic N) is 6. The molecule has 6 rings (SSSR count). The highest BCUT2D eigenvalue weighted by Gasteiger charge is 2.55. The van der Waals surface area contributed by atoms with Crippen molar-refractivity contribution >= 4 is 16.7 Å². The van der Waals surface area contributed by atoms with Crippen LogP contribution >= 0.6 is 0 Å². The second-order valence-electron chi connectivity index (χ2n) is 7.89. The smallest absolute Gasteiger partial charge is 0.280 e. The molecule has 3 heterocycles. The monoisotopic (exact) mass is 404 g/mol. The molecule has 3 aromatic heterocycles. The maximum Gasteiger partial charge on any atom is 0.280 e. The third-order valence-electron chi connectivity index (χ3n) is 6.09. The minimum Gasteiger partial charge on any atom is -0.337 e. The van der Waals surface area contributed by atoms with Crippen LogP contribution in [0.5, 0.6) is 0 Å². The molecule has 0 amide bonds. The van der Waals surface area contributed by atoms with Gasteiger partial charge in [0.2, 0.25) is 5.89 Å². The molecule has 0 spiro atoms. The summed E-state index contributed by atoms with van der Waals surface area (Å²) in [7, 11) is 1.75. The van der Waals surface area contributed by atoms with Crippen LogP contribution < -0.4 is 5.56 Å². The number of benzene rings is 1. The van der Waals surface area contributed by atoms with E-state index < -0.39 is 0 Å². The van der Waals surface area contributed by atoms with Crippen LogP contribution in [0.2, 0.25) is 0 Å². The minimum atomic E-state index is -0.208. The lowest BCUT2D eigenvalue weighted by Crippen LogP contribution is -2.22. The summed E-state index contributed by atoms with van der Waals surface area (Å²) in [5.74, 6) is 1.69. The largest absolute Gasteiger partial charge is 0.337 e. The average molecular weight is 404 g/mol. The Balaban J connectivity index is 1.22. The first kappa shape index (κ1) is 17.3. The maximum absolute atomic E-state index is 14.0. The van der Waals surface area contributed by atoms with Crippen molar-refractivity contribution in [2.24, 2.45) is 18.9 Å². The van der Waals surface area contributed by atoms with E-state index in [0.29, 0.717) is 40.3 Å². The molecule has 0 saturated heterocycles. The zero-order valence-corrected chi connectivity index (χ0v) is 16.1. The van der Waals surface area contributed by atoms with E-state index in [9.17, 15) is 9.18 Å². The van der Waals surface area contributed by atoms with E-state index in [2.05, 4.69) is 26.2 Å². The van der Waals surface area contributed by atoms with Gasteiger partial charge < -0.3 is 9.09 Å². The Hall–Kier alpha value is -3.62. The highest BCUT2D eigenvalue weighted by Crippen LogP contribution is 2.62. The summed E-state index contributed by atoms with van der Waals surface area (Å²) in [5, 5.41) is 4.13. The quantitative estimate of drug-likeness (QED) is 0.519. The number of aryl methyl sites for hydroxylation is 1. The molecule has 8 nitrogen and oxygen atoms in total. The molecule has 1 saturated carbocycles. The maximum atomic E-state index is 14.0. The summed E-state index contributed by atoms with van der Waals surface area (Å²) in [4.78, 5) is 25.5. The molecule has 4 aromatic rings. The molecular weight excluding hydrogens is 387 g/mol. The average Bonchev–Trinajstić information content (AvgIpc) is 3.16. The van der Waals surface area contributed by atoms with Crippen molar-refractivity contribution in [1.29, 1.82) is 0 Å². The number of hydrogen-bond acceptors (Lipinski definition) is 6. The zero-order valence-electron chi connectivity index (χ0n) is 16.1. The molecule has 0 N–H and O–H groups in total. The van der Waals surface area contributed by atoms with Crippen LogP contribution in [0.15, 0.2) is 52.3 Å². The van der Waals surface area contributed by atoms with Gasteiger partial charge in [-0.05, 0) is 29.9 Å². The van der Waals surface area contributed by atoms with E-state index >= 15 is 0 Å². The lowest BCUT2D eigenvalue weighted by Gasteiger charge is -2.06. The fourth-order valence-corrected chi connectivity index (χ4v) is 4.53. The van der Waals surface area contributed by atoms with Gasteiger partial charge in [-0.25, -0.2) is 14.4 Å². The number of hydrogen-bond donors (Lipinski definition) is 0. The molecule has 3 atom stereocenters. The summed E-state index contributed by atoms with van der Waals surface area (Å²) in [6.45, 7) is 0.151. The number of allylic oxidation sites excluding steroid dienone is 2.